The number of carbonyl (C=O) groups excluding carboxylic acids is 1. The Kier molecular flexibility index (Phi) is 6.82. The average molecular weight is 330 g/mol. The summed E-state index contributed by atoms with van der Waals surface area (Å²) in [5, 5.41) is 4.05. The summed E-state index contributed by atoms with van der Waals surface area (Å²) < 4.78 is 2.27. The summed E-state index contributed by atoms with van der Waals surface area (Å²) in [7, 11) is 0. The van der Waals surface area contributed by atoms with Gasteiger partial charge in [-0.25, -0.2) is 0 Å². The van der Waals surface area contributed by atoms with Crippen LogP contribution in [-0.2, 0) is 11.3 Å². The highest BCUT2D eigenvalue weighted by Crippen LogP contribution is 2.21. The van der Waals surface area contributed by atoms with E-state index in [9.17, 15) is 4.79 Å². The second-order valence-corrected chi connectivity index (χ2v) is 6.19. The predicted molar refractivity (Wildman–Crippen MR) is 101 cm³/mol. The molecule has 1 amide bonds. The van der Waals surface area contributed by atoms with E-state index >= 15 is 0 Å². The lowest BCUT2D eigenvalue weighted by Gasteiger charge is -2.18. The van der Waals surface area contributed by atoms with Crippen LogP contribution in [0.4, 0.5) is 5.69 Å². The number of amides is 1. The lowest BCUT2D eigenvalue weighted by Crippen LogP contribution is -2.35. The van der Waals surface area contributed by atoms with Crippen molar-refractivity contribution in [2.24, 2.45) is 5.73 Å². The first-order valence-electron chi connectivity index (χ1n) is 8.96. The first-order chi connectivity index (χ1) is 11.6. The standard InChI is InChI=1S/C19H30N4O/c1-4-7-17(20)19(24)21-16-8-9-18-15(14-16)10-11-23(18)13-12-22(5-2)6-3/h8-11,14,17H,4-7,12-13,20H2,1-3H3,(H,21,24). The van der Waals surface area contributed by atoms with Crippen LogP contribution >= 0.6 is 0 Å². The van der Waals surface area contributed by atoms with E-state index in [1.807, 2.05) is 19.1 Å². The second-order valence-electron chi connectivity index (χ2n) is 6.19. The van der Waals surface area contributed by atoms with Crippen LogP contribution in [0, 0.1) is 0 Å². The normalized spacial score (nSPS) is 12.7. The van der Waals surface area contributed by atoms with Crippen LogP contribution in [-0.4, -0.2) is 41.1 Å². The van der Waals surface area contributed by atoms with E-state index in [4.69, 9.17) is 5.73 Å². The fraction of sp³-hybridized carbons (Fsp3) is 0.526. The van der Waals surface area contributed by atoms with Crippen LogP contribution in [0.3, 0.4) is 0 Å². The molecule has 1 unspecified atom stereocenters. The smallest absolute Gasteiger partial charge is 0.241 e. The molecule has 0 radical (unpaired) electrons. The van der Waals surface area contributed by atoms with Gasteiger partial charge in [-0.05, 0) is 43.8 Å². The number of hydrogen-bond acceptors (Lipinski definition) is 3. The van der Waals surface area contributed by atoms with Crippen LogP contribution in [0.1, 0.15) is 33.6 Å². The minimum Gasteiger partial charge on any atom is -0.346 e. The lowest BCUT2D eigenvalue weighted by atomic mass is 10.1. The van der Waals surface area contributed by atoms with E-state index in [0.717, 1.165) is 43.7 Å². The minimum atomic E-state index is -0.440. The fourth-order valence-corrected chi connectivity index (χ4v) is 2.94. The summed E-state index contributed by atoms with van der Waals surface area (Å²) in [5.74, 6) is -0.114. The van der Waals surface area contributed by atoms with Gasteiger partial charge in [-0.2, -0.15) is 0 Å². The molecule has 1 aromatic carbocycles. The number of likely N-dealkylation sites (N-methyl/N-ethyl adjacent to an activating group) is 1. The molecule has 0 bridgehead atoms. The molecule has 2 rings (SSSR count). The van der Waals surface area contributed by atoms with Gasteiger partial charge in [0.2, 0.25) is 5.91 Å². The molecule has 1 aromatic heterocycles. The number of carbonyl (C=O) groups is 1. The second kappa shape index (κ2) is 8.85. The Morgan fingerprint density at radius 3 is 2.67 bits per heavy atom. The van der Waals surface area contributed by atoms with Crippen molar-refractivity contribution in [2.75, 3.05) is 25.0 Å². The van der Waals surface area contributed by atoms with Crippen molar-refractivity contribution in [2.45, 2.75) is 46.2 Å². The first-order valence-corrected chi connectivity index (χ1v) is 8.96. The molecule has 0 aliphatic heterocycles. The van der Waals surface area contributed by atoms with Gasteiger partial charge in [-0.1, -0.05) is 27.2 Å². The third kappa shape index (κ3) is 4.58. The highest BCUT2D eigenvalue weighted by atomic mass is 16.2. The zero-order valence-electron chi connectivity index (χ0n) is 15.1. The van der Waals surface area contributed by atoms with E-state index in [0.29, 0.717) is 6.42 Å². The van der Waals surface area contributed by atoms with Gasteiger partial charge in [0.1, 0.15) is 0 Å². The SMILES string of the molecule is CCCC(N)C(=O)Nc1ccc2c(ccn2CCN(CC)CC)c1. The van der Waals surface area contributed by atoms with E-state index in [2.05, 4.69) is 47.0 Å². The zero-order chi connectivity index (χ0) is 17.5. The lowest BCUT2D eigenvalue weighted by molar-refractivity contribution is -0.117. The van der Waals surface area contributed by atoms with Gasteiger partial charge in [-0.15, -0.1) is 0 Å². The highest BCUT2D eigenvalue weighted by molar-refractivity contribution is 5.96. The maximum absolute atomic E-state index is 12.0. The first kappa shape index (κ1) is 18.5. The number of fused-ring (bicyclic) bond motifs is 1. The Morgan fingerprint density at radius 2 is 2.00 bits per heavy atom. The van der Waals surface area contributed by atoms with Gasteiger partial charge in [0.15, 0.2) is 0 Å². The topological polar surface area (TPSA) is 63.3 Å². The molecule has 1 heterocycles. The average Bonchev–Trinajstić information content (AvgIpc) is 2.98. The molecule has 5 heteroatoms. The third-order valence-corrected chi connectivity index (χ3v) is 4.53. The monoisotopic (exact) mass is 330 g/mol. The van der Waals surface area contributed by atoms with Crippen molar-refractivity contribution in [1.29, 1.82) is 0 Å². The summed E-state index contributed by atoms with van der Waals surface area (Å²) in [6, 6.07) is 7.69. The van der Waals surface area contributed by atoms with E-state index in [1.165, 1.54) is 5.52 Å². The number of nitrogens with zero attached hydrogens (tertiary/aromatic N) is 2. The number of nitrogens with two attached hydrogens (primary N) is 1. The number of benzene rings is 1. The van der Waals surface area contributed by atoms with Crippen LogP contribution < -0.4 is 11.1 Å². The van der Waals surface area contributed by atoms with Crippen molar-refractivity contribution in [3.63, 3.8) is 0 Å². The Balaban J connectivity index is 2.06. The van der Waals surface area contributed by atoms with Crippen LogP contribution in [0.5, 0.6) is 0 Å². The number of aromatic nitrogens is 1. The minimum absolute atomic E-state index is 0.114. The molecular formula is C19H30N4O. The molecule has 0 saturated carbocycles. The quantitative estimate of drug-likeness (QED) is 0.743. The van der Waals surface area contributed by atoms with Gasteiger partial charge >= 0.3 is 0 Å². The maximum Gasteiger partial charge on any atom is 0.241 e. The highest BCUT2D eigenvalue weighted by Gasteiger charge is 2.13. The molecule has 0 aliphatic carbocycles. The summed E-state index contributed by atoms with van der Waals surface area (Å²) in [4.78, 5) is 14.5. The molecule has 3 N–H and O–H groups in total. The molecule has 24 heavy (non-hydrogen) atoms. The Morgan fingerprint density at radius 1 is 1.25 bits per heavy atom. The van der Waals surface area contributed by atoms with Crippen molar-refractivity contribution >= 4 is 22.5 Å². The molecule has 5 nitrogen and oxygen atoms in total. The van der Waals surface area contributed by atoms with Crippen LogP contribution in [0.2, 0.25) is 0 Å². The van der Waals surface area contributed by atoms with E-state index in [1.54, 1.807) is 0 Å². The van der Waals surface area contributed by atoms with Crippen LogP contribution in [0.25, 0.3) is 10.9 Å². The van der Waals surface area contributed by atoms with Gasteiger partial charge in [0.05, 0.1) is 6.04 Å². The van der Waals surface area contributed by atoms with Crippen molar-refractivity contribution in [1.82, 2.24) is 9.47 Å². The van der Waals surface area contributed by atoms with Crippen molar-refractivity contribution in [3.05, 3.63) is 30.5 Å². The van der Waals surface area contributed by atoms with Crippen molar-refractivity contribution in [3.8, 4) is 0 Å². The molecule has 0 aliphatic rings. The number of anilines is 1. The fourth-order valence-electron chi connectivity index (χ4n) is 2.94. The summed E-state index contributed by atoms with van der Waals surface area (Å²) >= 11 is 0. The Labute approximate surface area is 144 Å². The molecule has 0 fully saturated rings. The number of nitrogens with one attached hydrogen (secondary N) is 1. The molecular weight excluding hydrogens is 300 g/mol. The number of hydrogen-bond donors (Lipinski definition) is 2. The van der Waals surface area contributed by atoms with Crippen LogP contribution in [0.15, 0.2) is 30.5 Å². The van der Waals surface area contributed by atoms with Crippen molar-refractivity contribution < 1.29 is 4.79 Å². The third-order valence-electron chi connectivity index (χ3n) is 4.53. The number of rotatable bonds is 9. The molecule has 0 spiro atoms. The van der Waals surface area contributed by atoms with Gasteiger partial charge in [0, 0.05) is 35.9 Å². The van der Waals surface area contributed by atoms with E-state index in [-0.39, 0.29) is 5.91 Å². The predicted octanol–water partition coefficient (Wildman–Crippen LogP) is 3.05. The summed E-state index contributed by atoms with van der Waals surface area (Å²) in [6.07, 6.45) is 3.72. The summed E-state index contributed by atoms with van der Waals surface area (Å²) in [6.45, 7) is 10.6. The molecule has 2 aromatic rings. The Hall–Kier alpha value is -1.85. The van der Waals surface area contributed by atoms with Gasteiger partial charge in [-0.3, -0.25) is 4.79 Å². The van der Waals surface area contributed by atoms with Gasteiger partial charge in [0.25, 0.3) is 0 Å². The molecule has 132 valence electrons. The Bertz CT molecular complexity index is 660. The maximum atomic E-state index is 12.0. The molecule has 0 saturated heterocycles. The molecule has 1 atom stereocenters. The zero-order valence-corrected chi connectivity index (χ0v) is 15.1. The van der Waals surface area contributed by atoms with E-state index < -0.39 is 6.04 Å². The largest absolute Gasteiger partial charge is 0.346 e. The van der Waals surface area contributed by atoms with Gasteiger partial charge < -0.3 is 20.5 Å². The summed E-state index contributed by atoms with van der Waals surface area (Å²) in [5.41, 5.74) is 7.86.